The fourth-order valence-electron chi connectivity index (χ4n) is 1.69. The summed E-state index contributed by atoms with van der Waals surface area (Å²) in [6, 6.07) is 7.21. The van der Waals surface area contributed by atoms with Gasteiger partial charge in [0.1, 0.15) is 4.90 Å². The molecule has 2 aromatic rings. The van der Waals surface area contributed by atoms with Crippen molar-refractivity contribution in [3.05, 3.63) is 30.5 Å². The van der Waals surface area contributed by atoms with Crippen molar-refractivity contribution in [3.63, 3.8) is 0 Å². The molecule has 2 N–H and O–H groups in total. The lowest BCUT2D eigenvalue weighted by Gasteiger charge is -2.14. The van der Waals surface area contributed by atoms with Crippen molar-refractivity contribution in [1.29, 1.82) is 0 Å². The van der Waals surface area contributed by atoms with E-state index in [0.717, 1.165) is 9.82 Å². The number of rotatable bonds is 4. The highest BCUT2D eigenvalue weighted by atomic mass is 32.2. The smallest absolute Gasteiger partial charge is 0.245 e. The number of nitrogens with zero attached hydrogens (tertiary/aromatic N) is 1. The van der Waals surface area contributed by atoms with Crippen LogP contribution in [0.2, 0.25) is 0 Å². The van der Waals surface area contributed by atoms with Crippen molar-refractivity contribution in [2.24, 2.45) is 0 Å². The number of fused-ring (bicyclic) bond motifs is 1. The normalized spacial score (nSPS) is 12.4. The van der Waals surface area contributed by atoms with Crippen molar-refractivity contribution in [2.45, 2.75) is 4.90 Å². The molecular formula is C11H14N2O3S. The van der Waals surface area contributed by atoms with E-state index in [-0.39, 0.29) is 18.0 Å². The van der Waals surface area contributed by atoms with Crippen LogP contribution >= 0.6 is 0 Å². The molecule has 17 heavy (non-hydrogen) atoms. The highest BCUT2D eigenvalue weighted by molar-refractivity contribution is 7.89. The topological polar surface area (TPSA) is 73.4 Å². The summed E-state index contributed by atoms with van der Waals surface area (Å²) >= 11 is 0. The van der Waals surface area contributed by atoms with Crippen LogP contribution in [0.15, 0.2) is 35.4 Å². The maximum absolute atomic E-state index is 12.2. The molecule has 1 heterocycles. The van der Waals surface area contributed by atoms with E-state index in [0.29, 0.717) is 5.39 Å². The molecule has 1 aromatic carbocycles. The number of para-hydroxylation sites is 1. The van der Waals surface area contributed by atoms with Crippen molar-refractivity contribution < 1.29 is 13.5 Å². The van der Waals surface area contributed by atoms with Crippen LogP contribution in [-0.2, 0) is 10.0 Å². The quantitative estimate of drug-likeness (QED) is 0.846. The first-order valence-corrected chi connectivity index (χ1v) is 6.64. The maximum Gasteiger partial charge on any atom is 0.245 e. The van der Waals surface area contributed by atoms with Gasteiger partial charge in [0, 0.05) is 30.7 Å². The van der Waals surface area contributed by atoms with Gasteiger partial charge in [-0.25, -0.2) is 8.42 Å². The zero-order chi connectivity index (χ0) is 12.5. The summed E-state index contributed by atoms with van der Waals surface area (Å²) in [7, 11) is -2.09. The fourth-order valence-corrected chi connectivity index (χ4v) is 3.01. The minimum Gasteiger partial charge on any atom is -0.395 e. The van der Waals surface area contributed by atoms with E-state index in [9.17, 15) is 8.42 Å². The molecule has 92 valence electrons. The molecule has 5 nitrogen and oxygen atoms in total. The molecule has 0 saturated heterocycles. The first kappa shape index (κ1) is 12.1. The minimum absolute atomic E-state index is 0.0852. The van der Waals surface area contributed by atoms with Crippen LogP contribution in [0.5, 0.6) is 0 Å². The van der Waals surface area contributed by atoms with Crippen molar-refractivity contribution >= 4 is 20.9 Å². The van der Waals surface area contributed by atoms with E-state index in [4.69, 9.17) is 5.11 Å². The molecule has 0 spiro atoms. The van der Waals surface area contributed by atoms with Gasteiger partial charge in [-0.2, -0.15) is 4.31 Å². The number of sulfonamides is 1. The number of aliphatic hydroxyl groups is 1. The van der Waals surface area contributed by atoms with E-state index in [1.807, 2.05) is 12.1 Å². The highest BCUT2D eigenvalue weighted by Crippen LogP contribution is 2.24. The predicted octanol–water partition coefficient (Wildman–Crippen LogP) is 0.781. The van der Waals surface area contributed by atoms with Gasteiger partial charge in [-0.1, -0.05) is 18.2 Å². The van der Waals surface area contributed by atoms with Crippen molar-refractivity contribution in [2.75, 3.05) is 20.2 Å². The van der Waals surface area contributed by atoms with E-state index < -0.39 is 10.0 Å². The molecule has 0 fully saturated rings. The van der Waals surface area contributed by atoms with Crippen LogP contribution in [-0.4, -0.2) is 43.0 Å². The molecule has 0 aliphatic rings. The lowest BCUT2D eigenvalue weighted by molar-refractivity contribution is 0.266. The first-order valence-electron chi connectivity index (χ1n) is 5.20. The van der Waals surface area contributed by atoms with Crippen LogP contribution in [0, 0.1) is 0 Å². The molecule has 0 aliphatic carbocycles. The number of aromatic amines is 1. The molecule has 0 bridgehead atoms. The van der Waals surface area contributed by atoms with Gasteiger partial charge >= 0.3 is 0 Å². The number of aromatic nitrogens is 1. The van der Waals surface area contributed by atoms with Crippen LogP contribution < -0.4 is 0 Å². The Morgan fingerprint density at radius 2 is 2.06 bits per heavy atom. The lowest BCUT2D eigenvalue weighted by atomic mass is 10.2. The summed E-state index contributed by atoms with van der Waals surface area (Å²) in [5, 5.41) is 9.46. The monoisotopic (exact) mass is 254 g/mol. The van der Waals surface area contributed by atoms with Gasteiger partial charge in [0.2, 0.25) is 10.0 Å². The molecule has 0 atom stereocenters. The summed E-state index contributed by atoms with van der Waals surface area (Å²) in [4.78, 5) is 3.16. The number of nitrogens with one attached hydrogen (secondary N) is 1. The number of H-pyrrole nitrogens is 1. The standard InChI is InChI=1S/C11H14N2O3S/c1-13(6-7-14)17(15,16)11-8-12-10-5-3-2-4-9(10)11/h2-5,8,12,14H,6-7H2,1H3. The Bertz CT molecular complexity index is 618. The Morgan fingerprint density at radius 1 is 1.35 bits per heavy atom. The number of hydrogen-bond donors (Lipinski definition) is 2. The summed E-state index contributed by atoms with van der Waals surface area (Å²) in [5.41, 5.74) is 0.781. The van der Waals surface area contributed by atoms with Gasteiger partial charge in [-0.15, -0.1) is 0 Å². The second-order valence-electron chi connectivity index (χ2n) is 3.75. The molecule has 0 radical (unpaired) electrons. The number of hydrogen-bond acceptors (Lipinski definition) is 3. The van der Waals surface area contributed by atoms with Gasteiger partial charge in [0.05, 0.1) is 6.61 Å². The van der Waals surface area contributed by atoms with Crippen LogP contribution in [0.3, 0.4) is 0 Å². The minimum atomic E-state index is -3.54. The summed E-state index contributed by atoms with van der Waals surface area (Å²) in [5.74, 6) is 0. The third-order valence-electron chi connectivity index (χ3n) is 2.65. The summed E-state index contributed by atoms with van der Waals surface area (Å²) in [6.07, 6.45) is 1.48. The zero-order valence-corrected chi connectivity index (χ0v) is 10.2. The molecule has 1 aromatic heterocycles. The van der Waals surface area contributed by atoms with Crippen molar-refractivity contribution in [1.82, 2.24) is 9.29 Å². The molecular weight excluding hydrogens is 240 g/mol. The SMILES string of the molecule is CN(CCO)S(=O)(=O)c1c[nH]c2ccccc12. The Balaban J connectivity index is 2.53. The fraction of sp³-hybridized carbons (Fsp3) is 0.273. The molecule has 0 aliphatic heterocycles. The summed E-state index contributed by atoms with van der Waals surface area (Å²) < 4.78 is 25.5. The molecule has 0 amide bonds. The third kappa shape index (κ3) is 2.06. The van der Waals surface area contributed by atoms with E-state index >= 15 is 0 Å². The van der Waals surface area contributed by atoms with Gasteiger partial charge < -0.3 is 10.1 Å². The van der Waals surface area contributed by atoms with Gasteiger partial charge in [-0.05, 0) is 6.07 Å². The predicted molar refractivity (Wildman–Crippen MR) is 65.2 cm³/mol. The Labute approximate surface area is 99.7 Å². The van der Waals surface area contributed by atoms with E-state index in [2.05, 4.69) is 4.98 Å². The molecule has 2 rings (SSSR count). The molecule has 0 unspecified atom stereocenters. The first-order chi connectivity index (χ1) is 8.07. The second-order valence-corrected chi connectivity index (χ2v) is 5.76. The van der Waals surface area contributed by atoms with E-state index in [1.54, 1.807) is 12.1 Å². The van der Waals surface area contributed by atoms with Crippen LogP contribution in [0.4, 0.5) is 0 Å². The van der Waals surface area contributed by atoms with Gasteiger partial charge in [-0.3, -0.25) is 0 Å². The van der Waals surface area contributed by atoms with Crippen LogP contribution in [0.25, 0.3) is 10.9 Å². The zero-order valence-electron chi connectivity index (χ0n) is 9.42. The third-order valence-corrected chi connectivity index (χ3v) is 4.55. The average Bonchev–Trinajstić information content (AvgIpc) is 2.73. The Hall–Kier alpha value is -1.37. The van der Waals surface area contributed by atoms with Crippen molar-refractivity contribution in [3.8, 4) is 0 Å². The number of aliphatic hydroxyl groups excluding tert-OH is 1. The second kappa shape index (κ2) is 4.48. The number of likely N-dealkylation sites (N-methyl/N-ethyl adjacent to an activating group) is 1. The van der Waals surface area contributed by atoms with Gasteiger partial charge in [0.25, 0.3) is 0 Å². The Morgan fingerprint density at radius 3 is 2.76 bits per heavy atom. The van der Waals surface area contributed by atoms with Gasteiger partial charge in [0.15, 0.2) is 0 Å². The number of benzene rings is 1. The maximum atomic E-state index is 12.2. The molecule has 6 heteroatoms. The summed E-state index contributed by atoms with van der Waals surface area (Å²) in [6.45, 7) is -0.111. The van der Waals surface area contributed by atoms with Crippen LogP contribution in [0.1, 0.15) is 0 Å². The molecule has 0 saturated carbocycles. The largest absolute Gasteiger partial charge is 0.395 e. The van der Waals surface area contributed by atoms with E-state index in [1.165, 1.54) is 13.2 Å². The lowest BCUT2D eigenvalue weighted by Crippen LogP contribution is -2.29. The highest BCUT2D eigenvalue weighted by Gasteiger charge is 2.23. The Kier molecular flexibility index (Phi) is 3.19. The average molecular weight is 254 g/mol.